The zero-order chi connectivity index (χ0) is 23.4. The van der Waals surface area contributed by atoms with E-state index in [9.17, 15) is 28.1 Å². The monoisotopic (exact) mass is 428 g/mol. The minimum absolute atomic E-state index is 0.310. The van der Waals surface area contributed by atoms with Crippen molar-refractivity contribution in [2.24, 2.45) is 0 Å². The molecular formula is C24H8F4N4. The topological polar surface area (TPSA) is 56.3 Å². The van der Waals surface area contributed by atoms with Gasteiger partial charge in [-0.1, -0.05) is 24.3 Å². The highest BCUT2D eigenvalue weighted by Crippen LogP contribution is 2.27. The van der Waals surface area contributed by atoms with Gasteiger partial charge in [0.2, 0.25) is 0 Å². The summed E-state index contributed by atoms with van der Waals surface area (Å²) in [6, 6.07) is 11.2. The molecule has 32 heavy (non-hydrogen) atoms. The molecule has 3 rings (SSSR count). The first-order chi connectivity index (χ1) is 15.4. The zero-order valence-electron chi connectivity index (χ0n) is 15.9. The molecule has 0 N–H and O–H groups in total. The second-order valence-corrected chi connectivity index (χ2v) is 6.28. The van der Waals surface area contributed by atoms with E-state index < -0.39 is 45.8 Å². The fraction of sp³-hybridized carbons (Fsp3) is 0. The van der Waals surface area contributed by atoms with Crippen LogP contribution in [0.4, 0.5) is 17.6 Å². The van der Waals surface area contributed by atoms with Gasteiger partial charge in [-0.25, -0.2) is 37.8 Å². The van der Waals surface area contributed by atoms with E-state index in [2.05, 4.69) is 9.69 Å². The maximum absolute atomic E-state index is 14.6. The van der Waals surface area contributed by atoms with Crippen molar-refractivity contribution in [3.05, 3.63) is 105 Å². The summed E-state index contributed by atoms with van der Waals surface area (Å²) in [6.07, 6.45) is 0. The summed E-state index contributed by atoms with van der Waals surface area (Å²) >= 11 is 0. The Morgan fingerprint density at radius 1 is 0.656 bits per heavy atom. The molecule has 0 saturated heterocycles. The first-order valence-corrected chi connectivity index (χ1v) is 8.74. The molecule has 0 aliphatic rings. The van der Waals surface area contributed by atoms with E-state index in [1.165, 1.54) is 0 Å². The molecule has 0 fully saturated rings. The van der Waals surface area contributed by atoms with E-state index >= 15 is 0 Å². The fourth-order valence-electron chi connectivity index (χ4n) is 3.21. The van der Waals surface area contributed by atoms with Gasteiger partial charge in [-0.3, -0.25) is 0 Å². The van der Waals surface area contributed by atoms with Crippen molar-refractivity contribution in [2.75, 3.05) is 0 Å². The average Bonchev–Trinajstić information content (AvgIpc) is 2.77. The molecule has 0 amide bonds. The van der Waals surface area contributed by atoms with Gasteiger partial charge in [0.15, 0.2) is 0 Å². The number of nitrogens with zero attached hydrogens (tertiary/aromatic N) is 4. The van der Waals surface area contributed by atoms with Gasteiger partial charge in [-0.05, 0) is 35.4 Å². The zero-order valence-corrected chi connectivity index (χ0v) is 15.9. The Hall–Kier alpha value is -4.92. The lowest BCUT2D eigenvalue weighted by Gasteiger charge is -2.12. The Morgan fingerprint density at radius 2 is 0.969 bits per heavy atom. The number of benzene rings is 3. The predicted molar refractivity (Wildman–Crippen MR) is 108 cm³/mol. The van der Waals surface area contributed by atoms with Gasteiger partial charge in [0.25, 0.3) is 11.4 Å². The summed E-state index contributed by atoms with van der Waals surface area (Å²) in [5, 5.41) is 18.2. The Kier molecular flexibility index (Phi) is 6.02. The van der Waals surface area contributed by atoms with E-state index in [4.69, 9.17) is 13.1 Å². The number of rotatable bonds is 2. The number of halogens is 4. The van der Waals surface area contributed by atoms with Crippen LogP contribution in [0.5, 0.6) is 0 Å². The summed E-state index contributed by atoms with van der Waals surface area (Å²) in [5.41, 5.74) is -3.09. The summed E-state index contributed by atoms with van der Waals surface area (Å²) in [5.74, 6) is -4.15. The number of hydrogen-bond donors (Lipinski definition) is 0. The maximum Gasteiger partial charge on any atom is 0.269 e. The van der Waals surface area contributed by atoms with Crippen molar-refractivity contribution in [3.8, 4) is 34.4 Å². The summed E-state index contributed by atoms with van der Waals surface area (Å²) < 4.78 is 58.3. The third-order valence-electron chi connectivity index (χ3n) is 4.57. The van der Waals surface area contributed by atoms with Crippen LogP contribution in [0.2, 0.25) is 0 Å². The Morgan fingerprint density at radius 3 is 1.22 bits per heavy atom. The van der Waals surface area contributed by atoms with Crippen molar-refractivity contribution < 1.29 is 17.6 Å². The second-order valence-electron chi connectivity index (χ2n) is 6.28. The third kappa shape index (κ3) is 3.65. The summed E-state index contributed by atoms with van der Waals surface area (Å²) in [7, 11) is 0. The highest BCUT2D eigenvalue weighted by molar-refractivity contribution is 5.82. The van der Waals surface area contributed by atoms with E-state index in [-0.39, 0.29) is 21.6 Å². The van der Waals surface area contributed by atoms with E-state index in [1.807, 2.05) is 0 Å². The van der Waals surface area contributed by atoms with Crippen LogP contribution in [-0.2, 0) is 0 Å². The molecule has 8 heteroatoms. The molecule has 0 aromatic heterocycles. The Bertz CT molecular complexity index is 1370. The molecule has 0 aliphatic heterocycles. The molecule has 0 bridgehead atoms. The van der Waals surface area contributed by atoms with Crippen molar-refractivity contribution in [1.82, 2.24) is 0 Å². The number of nitriles is 2. The average molecular weight is 428 g/mol. The van der Waals surface area contributed by atoms with Crippen LogP contribution < -0.4 is 10.4 Å². The predicted octanol–water partition coefficient (Wildman–Crippen LogP) is 4.68. The van der Waals surface area contributed by atoms with Gasteiger partial charge in [-0.2, -0.15) is 0 Å². The smallest absolute Gasteiger partial charge is 0.226 e. The molecule has 152 valence electrons. The SMILES string of the molecule is [C-]#[N+]C(C#N)=c1cc(-c2c(F)cccc2F)c(=C(C#N)[N+]#[C-])cc1-c1c(F)cccc1F. The van der Waals surface area contributed by atoms with Gasteiger partial charge in [0, 0.05) is 10.4 Å². The maximum atomic E-state index is 14.6. The van der Waals surface area contributed by atoms with Crippen LogP contribution in [0.1, 0.15) is 0 Å². The molecule has 0 spiro atoms. The first-order valence-electron chi connectivity index (χ1n) is 8.74. The lowest BCUT2D eigenvalue weighted by molar-refractivity contribution is 0.588. The van der Waals surface area contributed by atoms with Gasteiger partial charge in [0.05, 0.1) is 36.4 Å². The molecule has 0 unspecified atom stereocenters. The fourth-order valence-corrected chi connectivity index (χ4v) is 3.21. The Balaban J connectivity index is 2.73. The molecule has 0 aliphatic carbocycles. The van der Waals surface area contributed by atoms with Crippen molar-refractivity contribution >= 4 is 11.4 Å². The quantitative estimate of drug-likeness (QED) is 0.440. The number of hydrogen-bond acceptors (Lipinski definition) is 2. The third-order valence-corrected chi connectivity index (χ3v) is 4.57. The van der Waals surface area contributed by atoms with Crippen LogP contribution >= 0.6 is 0 Å². The van der Waals surface area contributed by atoms with Gasteiger partial charge in [-0.15, -0.1) is 0 Å². The van der Waals surface area contributed by atoms with Crippen LogP contribution in [0.25, 0.3) is 43.3 Å². The Labute approximate surface area is 179 Å². The van der Waals surface area contributed by atoms with Gasteiger partial charge < -0.3 is 0 Å². The van der Waals surface area contributed by atoms with Crippen LogP contribution in [0.3, 0.4) is 0 Å². The van der Waals surface area contributed by atoms with Crippen LogP contribution in [0.15, 0.2) is 48.5 Å². The molecule has 4 nitrogen and oxygen atoms in total. The molecular weight excluding hydrogens is 420 g/mol. The first kappa shape index (κ1) is 21.8. The largest absolute Gasteiger partial charge is 0.269 e. The second kappa shape index (κ2) is 8.84. The van der Waals surface area contributed by atoms with Crippen molar-refractivity contribution in [2.45, 2.75) is 0 Å². The normalized spacial score (nSPS) is 12.0. The molecule has 0 saturated carbocycles. The van der Waals surface area contributed by atoms with Crippen LogP contribution in [0, 0.1) is 59.1 Å². The molecule has 0 heterocycles. The van der Waals surface area contributed by atoms with Crippen molar-refractivity contribution in [1.29, 1.82) is 10.5 Å². The summed E-state index contributed by atoms with van der Waals surface area (Å²) in [6.45, 7) is 14.5. The molecule has 0 radical (unpaired) electrons. The van der Waals surface area contributed by atoms with E-state index in [1.54, 1.807) is 12.1 Å². The molecule has 0 atom stereocenters. The van der Waals surface area contributed by atoms with Crippen molar-refractivity contribution in [3.63, 3.8) is 0 Å². The summed E-state index contributed by atoms with van der Waals surface area (Å²) in [4.78, 5) is 6.12. The standard InChI is InChI=1S/C24H8F4N4/c1-31-21(11-29)13-9-16(24-19(27)7-4-8-20(24)28)14(22(12-30)32-2)10-15(13)23-17(25)5-3-6-18(23)26/h3-10H. The lowest BCUT2D eigenvalue weighted by Crippen LogP contribution is -2.20. The highest BCUT2D eigenvalue weighted by atomic mass is 19.1. The minimum Gasteiger partial charge on any atom is -0.226 e. The highest BCUT2D eigenvalue weighted by Gasteiger charge is 2.20. The minimum atomic E-state index is -1.04. The van der Waals surface area contributed by atoms with Gasteiger partial charge >= 0.3 is 0 Å². The molecule has 3 aromatic carbocycles. The van der Waals surface area contributed by atoms with E-state index in [0.29, 0.717) is 0 Å². The molecule has 3 aromatic rings. The lowest BCUT2D eigenvalue weighted by atomic mass is 9.93. The van der Waals surface area contributed by atoms with Crippen LogP contribution in [-0.4, -0.2) is 0 Å². The van der Waals surface area contributed by atoms with Gasteiger partial charge in [0.1, 0.15) is 23.3 Å². The van der Waals surface area contributed by atoms with E-state index in [0.717, 1.165) is 48.5 Å².